The van der Waals surface area contributed by atoms with E-state index in [0.29, 0.717) is 17.7 Å². The number of hydrogen-bond acceptors (Lipinski definition) is 4. The van der Waals surface area contributed by atoms with Gasteiger partial charge in [-0.15, -0.1) is 0 Å². The van der Waals surface area contributed by atoms with E-state index in [1.165, 1.54) is 6.42 Å². The number of anilines is 1. The van der Waals surface area contributed by atoms with Crippen LogP contribution in [0.15, 0.2) is 24.3 Å². The Labute approximate surface area is 141 Å². The Hall–Kier alpha value is -2.37. The lowest BCUT2D eigenvalue weighted by Gasteiger charge is -2.21. The van der Waals surface area contributed by atoms with Gasteiger partial charge in [-0.05, 0) is 56.4 Å². The number of esters is 1. The summed E-state index contributed by atoms with van der Waals surface area (Å²) in [7, 11) is 0. The Kier molecular flexibility index (Phi) is 6.78. The molecule has 6 heteroatoms. The van der Waals surface area contributed by atoms with Crippen molar-refractivity contribution >= 4 is 23.5 Å². The standard InChI is InChI=1S/C18H23NO5/c20-16(7-4-8-17(21)22)19-14-11-9-13(10-12-14)18(23)24-15-5-2-1-3-6-15/h9-12,15H,1-8H2,(H,19,20)(H,21,22). The highest BCUT2D eigenvalue weighted by molar-refractivity contribution is 5.93. The van der Waals surface area contributed by atoms with Crippen molar-refractivity contribution in [2.45, 2.75) is 57.5 Å². The predicted octanol–water partition coefficient (Wildman–Crippen LogP) is 3.37. The number of rotatable bonds is 7. The molecule has 0 aliphatic heterocycles. The molecule has 1 saturated carbocycles. The van der Waals surface area contributed by atoms with E-state index in [1.54, 1.807) is 24.3 Å². The maximum absolute atomic E-state index is 12.1. The number of ether oxygens (including phenoxy) is 1. The first kappa shape index (κ1) is 18.0. The predicted molar refractivity (Wildman–Crippen MR) is 88.8 cm³/mol. The van der Waals surface area contributed by atoms with Crippen molar-refractivity contribution in [1.82, 2.24) is 0 Å². The van der Waals surface area contributed by atoms with Gasteiger partial charge >= 0.3 is 11.9 Å². The average molecular weight is 333 g/mol. The number of hydrogen-bond donors (Lipinski definition) is 2. The van der Waals surface area contributed by atoms with E-state index in [4.69, 9.17) is 9.84 Å². The van der Waals surface area contributed by atoms with Crippen molar-refractivity contribution in [2.24, 2.45) is 0 Å². The zero-order valence-corrected chi connectivity index (χ0v) is 13.6. The van der Waals surface area contributed by atoms with Gasteiger partial charge in [0.1, 0.15) is 6.10 Å². The highest BCUT2D eigenvalue weighted by Crippen LogP contribution is 2.21. The second kappa shape index (κ2) is 9.05. The second-order valence-corrected chi connectivity index (χ2v) is 6.04. The first-order chi connectivity index (χ1) is 11.5. The summed E-state index contributed by atoms with van der Waals surface area (Å²) in [6, 6.07) is 6.54. The van der Waals surface area contributed by atoms with Gasteiger partial charge in [-0.1, -0.05) is 6.42 Å². The number of amides is 1. The van der Waals surface area contributed by atoms with Crippen molar-refractivity contribution in [3.63, 3.8) is 0 Å². The van der Waals surface area contributed by atoms with Gasteiger partial charge in [0.25, 0.3) is 0 Å². The first-order valence-electron chi connectivity index (χ1n) is 8.37. The van der Waals surface area contributed by atoms with Crippen molar-refractivity contribution in [2.75, 3.05) is 5.32 Å². The zero-order valence-electron chi connectivity index (χ0n) is 13.6. The lowest BCUT2D eigenvalue weighted by Crippen LogP contribution is -2.20. The van der Waals surface area contributed by atoms with Crippen LogP contribution in [-0.4, -0.2) is 29.1 Å². The fourth-order valence-electron chi connectivity index (χ4n) is 2.72. The third kappa shape index (κ3) is 6.02. The average Bonchev–Trinajstić information content (AvgIpc) is 2.56. The number of carboxylic acid groups (broad SMARTS) is 1. The fourth-order valence-corrected chi connectivity index (χ4v) is 2.72. The van der Waals surface area contributed by atoms with Crippen molar-refractivity contribution < 1.29 is 24.2 Å². The second-order valence-electron chi connectivity index (χ2n) is 6.04. The quantitative estimate of drug-likeness (QED) is 0.746. The van der Waals surface area contributed by atoms with Crippen LogP contribution >= 0.6 is 0 Å². The highest BCUT2D eigenvalue weighted by atomic mass is 16.5. The molecule has 24 heavy (non-hydrogen) atoms. The van der Waals surface area contributed by atoms with Gasteiger partial charge in [-0.3, -0.25) is 9.59 Å². The molecule has 2 rings (SSSR count). The summed E-state index contributed by atoms with van der Waals surface area (Å²) in [6.45, 7) is 0. The molecule has 0 saturated heterocycles. The number of benzene rings is 1. The molecule has 2 N–H and O–H groups in total. The van der Waals surface area contributed by atoms with E-state index in [1.807, 2.05) is 0 Å². The molecule has 1 fully saturated rings. The zero-order chi connectivity index (χ0) is 17.4. The lowest BCUT2D eigenvalue weighted by atomic mass is 9.98. The Morgan fingerprint density at radius 2 is 1.71 bits per heavy atom. The molecule has 0 unspecified atom stereocenters. The molecule has 1 aromatic rings. The maximum atomic E-state index is 12.1. The molecule has 0 spiro atoms. The van der Waals surface area contributed by atoms with Crippen LogP contribution in [0.3, 0.4) is 0 Å². The molecule has 0 radical (unpaired) electrons. The van der Waals surface area contributed by atoms with E-state index in [0.717, 1.165) is 25.7 Å². The smallest absolute Gasteiger partial charge is 0.338 e. The van der Waals surface area contributed by atoms with Gasteiger partial charge in [0.15, 0.2) is 0 Å². The highest BCUT2D eigenvalue weighted by Gasteiger charge is 2.18. The Bertz CT molecular complexity index is 576. The molecule has 130 valence electrons. The number of carbonyl (C=O) groups is 3. The van der Waals surface area contributed by atoms with Crippen LogP contribution in [0.1, 0.15) is 61.7 Å². The van der Waals surface area contributed by atoms with Crippen LogP contribution in [0.2, 0.25) is 0 Å². The van der Waals surface area contributed by atoms with Crippen LogP contribution in [0.25, 0.3) is 0 Å². The van der Waals surface area contributed by atoms with E-state index < -0.39 is 5.97 Å². The minimum absolute atomic E-state index is 0.0138. The topological polar surface area (TPSA) is 92.7 Å². The minimum Gasteiger partial charge on any atom is -0.481 e. The van der Waals surface area contributed by atoms with E-state index in [2.05, 4.69) is 5.32 Å². The van der Waals surface area contributed by atoms with Gasteiger partial charge in [-0.25, -0.2) is 4.79 Å². The van der Waals surface area contributed by atoms with E-state index in [9.17, 15) is 14.4 Å². The van der Waals surface area contributed by atoms with Gasteiger partial charge < -0.3 is 15.2 Å². The molecule has 1 aromatic carbocycles. The summed E-state index contributed by atoms with van der Waals surface area (Å²) in [6.07, 6.45) is 5.70. The van der Waals surface area contributed by atoms with Crippen molar-refractivity contribution in [1.29, 1.82) is 0 Å². The molecule has 1 aliphatic carbocycles. The number of aliphatic carboxylic acids is 1. The third-order valence-corrected chi connectivity index (χ3v) is 4.02. The molecule has 0 aromatic heterocycles. The summed E-state index contributed by atoms with van der Waals surface area (Å²) in [4.78, 5) is 34.2. The first-order valence-corrected chi connectivity index (χ1v) is 8.37. The summed E-state index contributed by atoms with van der Waals surface area (Å²) in [5.41, 5.74) is 1.04. The molecule has 1 amide bonds. The maximum Gasteiger partial charge on any atom is 0.338 e. The Balaban J connectivity index is 1.80. The molecule has 0 atom stereocenters. The van der Waals surface area contributed by atoms with E-state index in [-0.39, 0.29) is 30.8 Å². The molecule has 0 bridgehead atoms. The monoisotopic (exact) mass is 333 g/mol. The normalized spacial score (nSPS) is 14.8. The van der Waals surface area contributed by atoms with Crippen LogP contribution in [-0.2, 0) is 14.3 Å². The van der Waals surface area contributed by atoms with Crippen LogP contribution < -0.4 is 5.32 Å². The van der Waals surface area contributed by atoms with Crippen molar-refractivity contribution in [3.05, 3.63) is 29.8 Å². The number of carboxylic acids is 1. The van der Waals surface area contributed by atoms with Crippen LogP contribution in [0, 0.1) is 0 Å². The summed E-state index contributed by atoms with van der Waals surface area (Å²) < 4.78 is 5.49. The van der Waals surface area contributed by atoms with E-state index >= 15 is 0 Å². The fraction of sp³-hybridized carbons (Fsp3) is 0.500. The van der Waals surface area contributed by atoms with Crippen molar-refractivity contribution in [3.8, 4) is 0 Å². The number of carbonyl (C=O) groups excluding carboxylic acids is 2. The summed E-state index contributed by atoms with van der Waals surface area (Å²) in [5.74, 6) is -1.49. The molecule has 0 heterocycles. The van der Waals surface area contributed by atoms with Crippen LogP contribution in [0.5, 0.6) is 0 Å². The largest absolute Gasteiger partial charge is 0.481 e. The molecular formula is C18H23NO5. The van der Waals surface area contributed by atoms with Gasteiger partial charge in [0.2, 0.25) is 5.91 Å². The van der Waals surface area contributed by atoms with Gasteiger partial charge in [0.05, 0.1) is 5.56 Å². The third-order valence-electron chi connectivity index (χ3n) is 4.02. The summed E-state index contributed by atoms with van der Waals surface area (Å²) >= 11 is 0. The molecular weight excluding hydrogens is 310 g/mol. The van der Waals surface area contributed by atoms with Gasteiger partial charge in [-0.2, -0.15) is 0 Å². The SMILES string of the molecule is O=C(O)CCCC(=O)Nc1ccc(C(=O)OC2CCCCC2)cc1. The Morgan fingerprint density at radius 3 is 2.33 bits per heavy atom. The Morgan fingerprint density at radius 1 is 1.04 bits per heavy atom. The minimum atomic E-state index is -0.913. The lowest BCUT2D eigenvalue weighted by molar-refractivity contribution is -0.137. The summed E-state index contributed by atoms with van der Waals surface area (Å²) in [5, 5.41) is 11.2. The number of nitrogens with one attached hydrogen (secondary N) is 1. The molecule has 6 nitrogen and oxygen atoms in total. The van der Waals surface area contributed by atoms with Crippen LogP contribution in [0.4, 0.5) is 5.69 Å². The molecule has 1 aliphatic rings. The van der Waals surface area contributed by atoms with Gasteiger partial charge in [0, 0.05) is 18.5 Å².